The second-order valence-corrected chi connectivity index (χ2v) is 4.93. The summed E-state index contributed by atoms with van der Waals surface area (Å²) in [6.45, 7) is 0. The molecule has 0 spiro atoms. The summed E-state index contributed by atoms with van der Waals surface area (Å²) >= 11 is 5.12. The van der Waals surface area contributed by atoms with Gasteiger partial charge in [-0.1, -0.05) is 0 Å². The van der Waals surface area contributed by atoms with Gasteiger partial charge >= 0.3 is 90.2 Å². The summed E-state index contributed by atoms with van der Waals surface area (Å²) in [6, 6.07) is 8.57. The molecule has 0 nitrogen and oxygen atoms in total. The van der Waals surface area contributed by atoms with Gasteiger partial charge in [-0.2, -0.15) is 0 Å². The minimum absolute atomic E-state index is 0. The van der Waals surface area contributed by atoms with Crippen LogP contribution in [0.5, 0.6) is 0 Å². The van der Waals surface area contributed by atoms with Gasteiger partial charge in [0.05, 0.1) is 0 Å². The molecule has 0 aromatic heterocycles. The Morgan fingerprint density at radius 1 is 1.07 bits per heavy atom. The molecule has 0 saturated heterocycles. The molecular weight excluding hydrogens is 519 g/mol. The molecule has 1 aromatic carbocycles. The van der Waals surface area contributed by atoms with Crippen LogP contribution in [0.1, 0.15) is 14.8 Å². The zero-order valence-electron chi connectivity index (χ0n) is 7.07. The van der Waals surface area contributed by atoms with Gasteiger partial charge in [0.15, 0.2) is 0 Å². The van der Waals surface area contributed by atoms with Crippen LogP contribution in [0.2, 0.25) is 0 Å². The van der Waals surface area contributed by atoms with Crippen molar-refractivity contribution in [3.05, 3.63) is 39.9 Å². The molecule has 5 heteroatoms. The summed E-state index contributed by atoms with van der Waals surface area (Å²) in [6.07, 6.45) is 2.22. The Bertz CT molecular complexity index is 324. The van der Waals surface area contributed by atoms with Gasteiger partial charge in [-0.15, -0.1) is 50.9 Å². The van der Waals surface area contributed by atoms with E-state index >= 15 is 0 Å². The van der Waals surface area contributed by atoms with E-state index in [1.807, 2.05) is 0 Å². The third kappa shape index (κ3) is 3.66. The fourth-order valence-electron chi connectivity index (χ4n) is 1.29. The Hall–Kier alpha value is 1.76. The molecule has 0 heterocycles. The van der Waals surface area contributed by atoms with Crippen molar-refractivity contribution in [1.82, 2.24) is 0 Å². The van der Waals surface area contributed by atoms with E-state index in [1.165, 1.54) is 15.6 Å². The molecule has 1 unspecified atom stereocenters. The molecule has 0 aliphatic heterocycles. The quantitative estimate of drug-likeness (QED) is 0.456. The molecule has 0 N–H and O–H groups in total. The van der Waals surface area contributed by atoms with Crippen LogP contribution >= 0.6 is 66.9 Å². The van der Waals surface area contributed by atoms with E-state index in [-0.39, 0.29) is 50.9 Å². The third-order valence-electron chi connectivity index (χ3n) is 1.88. The van der Waals surface area contributed by atoms with E-state index in [9.17, 15) is 0 Å². The van der Waals surface area contributed by atoms with Gasteiger partial charge in [-0.25, -0.2) is 0 Å². The van der Waals surface area contributed by atoms with Gasteiger partial charge < -0.3 is 0 Å². The molecule has 1 atom stereocenters. The topological polar surface area (TPSA) is 0 Å². The first-order valence-corrected chi connectivity index (χ1v) is 5.67. The van der Waals surface area contributed by atoms with Gasteiger partial charge in [0.2, 0.25) is 0 Å². The van der Waals surface area contributed by atoms with Gasteiger partial charge in [0.1, 0.15) is 0 Å². The van der Waals surface area contributed by atoms with E-state index < -0.39 is 0 Å². The minimum atomic E-state index is 0. The summed E-state index contributed by atoms with van der Waals surface area (Å²) in [5.74, 6) is 0. The van der Waals surface area contributed by atoms with Crippen LogP contribution < -0.4 is 0 Å². The molecule has 0 radical (unpaired) electrons. The first-order valence-electron chi connectivity index (χ1n) is 3.46. The van der Waals surface area contributed by atoms with Crippen LogP contribution in [0, 0.1) is 0 Å². The number of hydrogen-bond acceptors (Lipinski definition) is 0. The van der Waals surface area contributed by atoms with E-state index in [4.69, 9.17) is 0 Å². The number of allylic oxidation sites excluding steroid dienone is 1. The molecule has 77 valence electrons. The molecular formula is C9H9Br4Zr. The van der Waals surface area contributed by atoms with E-state index in [0.29, 0.717) is 3.63 Å². The normalized spacial score (nSPS) is 16.6. The Labute approximate surface area is 139 Å². The summed E-state index contributed by atoms with van der Waals surface area (Å²) in [5.41, 5.74) is 2.85. The first kappa shape index (κ1) is 18.1. The fourth-order valence-corrected chi connectivity index (χ4v) is 2.63. The third-order valence-corrected chi connectivity index (χ3v) is 5.13. The molecule has 14 heavy (non-hydrogen) atoms. The van der Waals surface area contributed by atoms with Gasteiger partial charge in [0.25, 0.3) is 0 Å². The molecule has 2 rings (SSSR count). The summed E-state index contributed by atoms with van der Waals surface area (Å²) in [7, 11) is 0. The van der Waals surface area contributed by atoms with Crippen molar-refractivity contribution in [3.8, 4) is 0 Å². The zero-order chi connectivity index (χ0) is 7.84. The SMILES string of the molecule is Br.Br.Br.BrC1=Cc2ccccc2[CH]1[Zr]. The van der Waals surface area contributed by atoms with E-state index in [2.05, 4.69) is 46.3 Å². The molecule has 0 bridgehead atoms. The van der Waals surface area contributed by atoms with Crippen molar-refractivity contribution in [2.24, 2.45) is 0 Å². The average molecular weight is 528 g/mol. The van der Waals surface area contributed by atoms with E-state index in [0.717, 1.165) is 0 Å². The Morgan fingerprint density at radius 3 is 2.21 bits per heavy atom. The molecule has 0 fully saturated rings. The van der Waals surface area contributed by atoms with Crippen molar-refractivity contribution >= 4 is 73.0 Å². The number of fused-ring (bicyclic) bond motifs is 1. The monoisotopic (exact) mass is 523 g/mol. The van der Waals surface area contributed by atoms with Crippen LogP contribution in [0.4, 0.5) is 0 Å². The maximum atomic E-state index is 3.57. The Kier molecular flexibility index (Phi) is 10.3. The number of benzene rings is 1. The Morgan fingerprint density at radius 2 is 1.64 bits per heavy atom. The van der Waals surface area contributed by atoms with Gasteiger partial charge in [-0.05, 0) is 0 Å². The van der Waals surface area contributed by atoms with Crippen molar-refractivity contribution in [2.45, 2.75) is 3.63 Å². The fraction of sp³-hybridized carbons (Fsp3) is 0.111. The summed E-state index contributed by atoms with van der Waals surface area (Å²) in [5, 5.41) is 0. The van der Waals surface area contributed by atoms with Crippen molar-refractivity contribution in [2.75, 3.05) is 0 Å². The summed E-state index contributed by atoms with van der Waals surface area (Å²) in [4.78, 5) is 0. The van der Waals surface area contributed by atoms with Crippen LogP contribution in [0.25, 0.3) is 6.08 Å². The second kappa shape index (κ2) is 7.94. The molecule has 1 aliphatic rings. The van der Waals surface area contributed by atoms with Gasteiger partial charge in [-0.3, -0.25) is 0 Å². The van der Waals surface area contributed by atoms with Gasteiger partial charge in [0, 0.05) is 0 Å². The average Bonchev–Trinajstić information content (AvgIpc) is 2.30. The predicted octanol–water partition coefficient (Wildman–Crippen LogP) is 4.76. The molecule has 0 saturated carbocycles. The molecule has 0 amide bonds. The number of rotatable bonds is 0. The van der Waals surface area contributed by atoms with Crippen LogP contribution in [0.15, 0.2) is 28.7 Å². The molecule has 1 aromatic rings. The standard InChI is InChI=1S/C9H6Br.3BrH.Zr/c10-9-5-7-3-1-2-4-8(7)6-9;;;;/h1-6H;3*1H;. The van der Waals surface area contributed by atoms with Crippen molar-refractivity contribution in [3.63, 3.8) is 0 Å². The summed E-state index contributed by atoms with van der Waals surface area (Å²) < 4.78 is 1.97. The Balaban J connectivity index is 0. The van der Waals surface area contributed by atoms with Crippen LogP contribution in [0.3, 0.4) is 0 Å². The number of hydrogen-bond donors (Lipinski definition) is 0. The van der Waals surface area contributed by atoms with Crippen molar-refractivity contribution in [1.29, 1.82) is 0 Å². The first-order chi connectivity index (χ1) is 5.29. The zero-order valence-corrected chi connectivity index (χ0v) is 16.3. The second-order valence-electron chi connectivity index (χ2n) is 2.59. The molecule has 1 aliphatic carbocycles. The van der Waals surface area contributed by atoms with Crippen LogP contribution in [-0.2, 0) is 24.7 Å². The van der Waals surface area contributed by atoms with E-state index in [1.54, 1.807) is 24.7 Å². The van der Waals surface area contributed by atoms with Crippen LogP contribution in [-0.4, -0.2) is 0 Å². The number of halogens is 4. The predicted molar refractivity (Wildman–Crippen MR) is 77.1 cm³/mol. The van der Waals surface area contributed by atoms with Crippen molar-refractivity contribution < 1.29 is 24.7 Å². The maximum absolute atomic E-state index is 3.57.